The van der Waals surface area contributed by atoms with Gasteiger partial charge < -0.3 is 4.98 Å². The molecule has 1 N–H and O–H groups in total. The van der Waals surface area contributed by atoms with Gasteiger partial charge in [0.2, 0.25) is 0 Å². The van der Waals surface area contributed by atoms with E-state index >= 15 is 0 Å². The van der Waals surface area contributed by atoms with Crippen molar-refractivity contribution >= 4 is 28.4 Å². The monoisotopic (exact) mass is 413 g/mol. The molecule has 1 aliphatic rings. The maximum Gasteiger partial charge on any atom is 0.188 e. The molecule has 0 spiro atoms. The molecule has 30 heavy (non-hydrogen) atoms. The molecule has 0 radical (unpaired) electrons. The van der Waals surface area contributed by atoms with Crippen molar-refractivity contribution < 1.29 is 4.79 Å². The number of nitrogens with one attached hydrogen (secondary N) is 1. The predicted molar refractivity (Wildman–Crippen MR) is 122 cm³/mol. The van der Waals surface area contributed by atoms with Crippen LogP contribution < -0.4 is 0 Å². The largest absolute Gasteiger partial charge is 0.358 e. The van der Waals surface area contributed by atoms with Crippen molar-refractivity contribution in [3.8, 4) is 11.3 Å². The second kappa shape index (κ2) is 8.07. The second-order valence-electron chi connectivity index (χ2n) is 7.74. The fourth-order valence-electron chi connectivity index (χ4n) is 4.31. The first kappa shape index (κ1) is 19.1. The average molecular weight is 414 g/mol. The van der Waals surface area contributed by atoms with Crippen molar-refractivity contribution in [1.82, 2.24) is 15.0 Å². The zero-order valence-corrected chi connectivity index (χ0v) is 17.8. The molecule has 4 aromatic rings. The lowest BCUT2D eigenvalue weighted by Gasteiger charge is -2.19. The van der Waals surface area contributed by atoms with Gasteiger partial charge in [0, 0.05) is 39.0 Å². The molecule has 5 heteroatoms. The van der Waals surface area contributed by atoms with Gasteiger partial charge in [0.25, 0.3) is 0 Å². The van der Waals surface area contributed by atoms with Crippen molar-refractivity contribution in [2.24, 2.45) is 0 Å². The summed E-state index contributed by atoms with van der Waals surface area (Å²) in [4.78, 5) is 26.1. The van der Waals surface area contributed by atoms with E-state index in [0.717, 1.165) is 58.4 Å². The Morgan fingerprint density at radius 3 is 2.63 bits per heavy atom. The van der Waals surface area contributed by atoms with E-state index in [1.54, 1.807) is 0 Å². The lowest BCUT2D eigenvalue weighted by Crippen LogP contribution is -2.11. The highest BCUT2D eigenvalue weighted by atomic mass is 32.2. The zero-order chi connectivity index (χ0) is 20.5. The number of carbonyl (C=O) groups excluding carboxylic acids is 1. The number of hydrogen-bond acceptors (Lipinski definition) is 4. The number of aromatic nitrogens is 3. The first-order chi connectivity index (χ1) is 14.7. The Bertz CT molecular complexity index is 1230. The number of Topliss-reactive ketones (excluding diaryl/α,β-unsaturated/α-hetero) is 1. The van der Waals surface area contributed by atoms with Crippen LogP contribution in [-0.2, 0) is 12.8 Å². The highest BCUT2D eigenvalue weighted by Crippen LogP contribution is 2.32. The molecule has 2 aromatic carbocycles. The van der Waals surface area contributed by atoms with Crippen LogP contribution in [0.15, 0.2) is 59.8 Å². The molecule has 4 nitrogen and oxygen atoms in total. The van der Waals surface area contributed by atoms with Crippen LogP contribution in [0.5, 0.6) is 0 Å². The average Bonchev–Trinajstić information content (AvgIpc) is 3.13. The lowest BCUT2D eigenvalue weighted by atomic mass is 9.92. The number of fused-ring (bicyclic) bond motifs is 2. The lowest BCUT2D eigenvalue weighted by molar-refractivity contribution is 0.102. The van der Waals surface area contributed by atoms with E-state index in [4.69, 9.17) is 9.97 Å². The molecule has 0 amide bonds. The van der Waals surface area contributed by atoms with Crippen molar-refractivity contribution in [3.05, 3.63) is 77.1 Å². The van der Waals surface area contributed by atoms with Crippen LogP contribution in [0.25, 0.3) is 22.2 Å². The molecule has 0 fully saturated rings. The number of ketones is 1. The van der Waals surface area contributed by atoms with E-state index in [-0.39, 0.29) is 5.78 Å². The molecule has 5 rings (SSSR count). The SMILES string of the molecule is Cc1[nH]c2ccccc2c1C(=O)CSc1nc2c(c(-c3ccccc3)n1)CCCC2. The third-order valence-electron chi connectivity index (χ3n) is 5.71. The summed E-state index contributed by atoms with van der Waals surface area (Å²) in [7, 11) is 0. The van der Waals surface area contributed by atoms with Gasteiger partial charge in [-0.3, -0.25) is 4.79 Å². The molecule has 2 heterocycles. The summed E-state index contributed by atoms with van der Waals surface area (Å²) in [6, 6.07) is 18.3. The number of thioether (sulfide) groups is 1. The minimum Gasteiger partial charge on any atom is -0.358 e. The highest BCUT2D eigenvalue weighted by Gasteiger charge is 2.21. The van der Waals surface area contributed by atoms with Gasteiger partial charge in [-0.05, 0) is 38.7 Å². The number of nitrogens with zero attached hydrogens (tertiary/aromatic N) is 2. The molecule has 150 valence electrons. The minimum absolute atomic E-state index is 0.109. The van der Waals surface area contributed by atoms with Gasteiger partial charge in [-0.2, -0.15) is 0 Å². The van der Waals surface area contributed by atoms with Crippen LogP contribution in [0.3, 0.4) is 0 Å². The molecule has 0 unspecified atom stereocenters. The molecule has 1 aliphatic carbocycles. The third-order valence-corrected chi connectivity index (χ3v) is 6.56. The Morgan fingerprint density at radius 2 is 1.77 bits per heavy atom. The van der Waals surface area contributed by atoms with E-state index in [2.05, 4.69) is 17.1 Å². The number of carbonyl (C=O) groups is 1. The standard InChI is InChI=1S/C25H23N3OS/c1-16-23(18-11-5-7-13-20(18)26-16)22(29)15-30-25-27-21-14-8-6-12-19(21)24(28-25)17-9-3-2-4-10-17/h2-5,7,9-11,13,26H,6,8,12,14-15H2,1H3. The van der Waals surface area contributed by atoms with Gasteiger partial charge in [0.15, 0.2) is 10.9 Å². The maximum atomic E-state index is 13.1. The molecule has 0 atom stereocenters. The summed E-state index contributed by atoms with van der Waals surface area (Å²) in [6.07, 6.45) is 4.36. The smallest absolute Gasteiger partial charge is 0.188 e. The molecule has 0 saturated heterocycles. The van der Waals surface area contributed by atoms with E-state index in [0.29, 0.717) is 10.9 Å². The molecule has 0 saturated carbocycles. The Morgan fingerprint density at radius 1 is 1.00 bits per heavy atom. The normalized spacial score (nSPS) is 13.4. The summed E-state index contributed by atoms with van der Waals surface area (Å²) in [5, 5.41) is 1.68. The number of benzene rings is 2. The second-order valence-corrected chi connectivity index (χ2v) is 8.68. The Hall–Kier alpha value is -2.92. The van der Waals surface area contributed by atoms with Gasteiger partial charge in [0.05, 0.1) is 11.4 Å². The maximum absolute atomic E-state index is 13.1. The number of rotatable bonds is 5. The Balaban J connectivity index is 1.45. The fourth-order valence-corrected chi connectivity index (χ4v) is 5.04. The van der Waals surface area contributed by atoms with Crippen molar-refractivity contribution in [3.63, 3.8) is 0 Å². The fraction of sp³-hybridized carbons (Fsp3) is 0.240. The first-order valence-corrected chi connectivity index (χ1v) is 11.4. The summed E-state index contributed by atoms with van der Waals surface area (Å²) < 4.78 is 0. The zero-order valence-electron chi connectivity index (χ0n) is 16.9. The first-order valence-electron chi connectivity index (χ1n) is 10.4. The van der Waals surface area contributed by atoms with E-state index in [1.807, 2.05) is 49.4 Å². The molecule has 0 aliphatic heterocycles. The Kier molecular flexibility index (Phi) is 5.13. The van der Waals surface area contributed by atoms with Gasteiger partial charge >= 0.3 is 0 Å². The minimum atomic E-state index is 0.109. The van der Waals surface area contributed by atoms with E-state index < -0.39 is 0 Å². The van der Waals surface area contributed by atoms with Gasteiger partial charge in [0.1, 0.15) is 0 Å². The predicted octanol–water partition coefficient (Wildman–Crippen LogP) is 5.79. The molecule has 0 bridgehead atoms. The summed E-state index contributed by atoms with van der Waals surface area (Å²) in [5.74, 6) is 0.438. The molecule has 2 aromatic heterocycles. The topological polar surface area (TPSA) is 58.6 Å². The van der Waals surface area contributed by atoms with Crippen LogP contribution >= 0.6 is 11.8 Å². The Labute approximate surface area is 180 Å². The third kappa shape index (κ3) is 3.54. The van der Waals surface area contributed by atoms with Crippen molar-refractivity contribution in [2.75, 3.05) is 5.75 Å². The van der Waals surface area contributed by atoms with Crippen LogP contribution in [0.2, 0.25) is 0 Å². The highest BCUT2D eigenvalue weighted by molar-refractivity contribution is 7.99. The van der Waals surface area contributed by atoms with Crippen molar-refractivity contribution in [1.29, 1.82) is 0 Å². The summed E-state index contributed by atoms with van der Waals surface area (Å²) >= 11 is 1.44. The van der Waals surface area contributed by atoms with Crippen LogP contribution in [0.4, 0.5) is 0 Å². The van der Waals surface area contributed by atoms with Gasteiger partial charge in [-0.1, -0.05) is 60.3 Å². The van der Waals surface area contributed by atoms with Crippen LogP contribution in [-0.4, -0.2) is 26.5 Å². The number of hydrogen-bond donors (Lipinski definition) is 1. The van der Waals surface area contributed by atoms with Crippen molar-refractivity contribution in [2.45, 2.75) is 37.8 Å². The summed E-state index contributed by atoms with van der Waals surface area (Å²) in [6.45, 7) is 1.96. The van der Waals surface area contributed by atoms with E-state index in [9.17, 15) is 4.79 Å². The number of aryl methyl sites for hydroxylation is 2. The van der Waals surface area contributed by atoms with Crippen LogP contribution in [0.1, 0.15) is 40.2 Å². The number of aromatic amines is 1. The number of para-hydroxylation sites is 1. The summed E-state index contributed by atoms with van der Waals surface area (Å²) in [5.41, 5.74) is 7.26. The quantitative estimate of drug-likeness (QED) is 0.256. The molecular weight excluding hydrogens is 390 g/mol. The van der Waals surface area contributed by atoms with Gasteiger partial charge in [-0.15, -0.1) is 0 Å². The molecular formula is C25H23N3OS. The van der Waals surface area contributed by atoms with Gasteiger partial charge in [-0.25, -0.2) is 9.97 Å². The number of H-pyrrole nitrogens is 1. The van der Waals surface area contributed by atoms with E-state index in [1.165, 1.54) is 23.7 Å². The van der Waals surface area contributed by atoms with Crippen LogP contribution in [0, 0.1) is 6.92 Å².